The lowest BCUT2D eigenvalue weighted by atomic mass is 10.1. The van der Waals surface area contributed by atoms with Gasteiger partial charge in [0.25, 0.3) is 0 Å². The summed E-state index contributed by atoms with van der Waals surface area (Å²) >= 11 is 0. The van der Waals surface area contributed by atoms with Crippen molar-refractivity contribution in [2.75, 3.05) is 7.11 Å². The number of aliphatic hydroxyl groups is 1. The van der Waals surface area contributed by atoms with Gasteiger partial charge in [-0.05, 0) is 26.7 Å². The summed E-state index contributed by atoms with van der Waals surface area (Å²) in [7, 11) is 1.64. The normalized spacial score (nSPS) is 12.9. The number of methoxy groups -OCH3 is 1. The van der Waals surface area contributed by atoms with E-state index in [2.05, 4.69) is 5.10 Å². The second-order valence-corrected chi connectivity index (χ2v) is 3.36. The monoisotopic (exact) mass is 198 g/mol. The molecule has 0 aliphatic heterocycles. The van der Waals surface area contributed by atoms with Crippen LogP contribution in [0, 0.1) is 0 Å². The Hall–Kier alpha value is -1.03. The molecule has 4 nitrogen and oxygen atoms in total. The molecule has 4 heteroatoms. The maximum atomic E-state index is 9.21. The highest BCUT2D eigenvalue weighted by atomic mass is 16.5. The standard InChI is InChI=1S/C10H18N2O2/c1-4-12-9(6-5-8(2)13)10(14-3)7-11-12/h7-8,13H,4-6H2,1-3H3. The summed E-state index contributed by atoms with van der Waals surface area (Å²) in [6.45, 7) is 4.66. The minimum absolute atomic E-state index is 0.278. The molecule has 0 aromatic carbocycles. The van der Waals surface area contributed by atoms with Gasteiger partial charge in [-0.2, -0.15) is 5.10 Å². The third-order valence-corrected chi connectivity index (χ3v) is 2.23. The lowest BCUT2D eigenvalue weighted by Gasteiger charge is -2.08. The van der Waals surface area contributed by atoms with Crippen molar-refractivity contribution in [3.63, 3.8) is 0 Å². The molecule has 1 atom stereocenters. The first-order valence-electron chi connectivity index (χ1n) is 4.95. The molecule has 0 spiro atoms. The Bertz CT molecular complexity index is 260. The number of nitrogens with zero attached hydrogens (tertiary/aromatic N) is 2. The summed E-state index contributed by atoms with van der Waals surface area (Å²) in [6, 6.07) is 0. The van der Waals surface area contributed by atoms with Crippen molar-refractivity contribution in [2.45, 2.75) is 39.3 Å². The number of ether oxygens (including phenoxy) is 1. The summed E-state index contributed by atoms with van der Waals surface area (Å²) in [5.74, 6) is 0.812. The summed E-state index contributed by atoms with van der Waals surface area (Å²) in [5, 5.41) is 13.4. The predicted molar refractivity (Wildman–Crippen MR) is 54.5 cm³/mol. The van der Waals surface area contributed by atoms with Gasteiger partial charge in [-0.15, -0.1) is 0 Å². The Labute approximate surface area is 84.5 Å². The molecule has 0 radical (unpaired) electrons. The third-order valence-electron chi connectivity index (χ3n) is 2.23. The highest BCUT2D eigenvalue weighted by Crippen LogP contribution is 2.19. The van der Waals surface area contributed by atoms with Crippen LogP contribution in [0.2, 0.25) is 0 Å². The molecule has 0 aliphatic carbocycles. The highest BCUT2D eigenvalue weighted by molar-refractivity contribution is 5.25. The Morgan fingerprint density at radius 2 is 2.36 bits per heavy atom. The fraction of sp³-hybridized carbons (Fsp3) is 0.700. The van der Waals surface area contributed by atoms with Crippen LogP contribution in [0.15, 0.2) is 6.20 Å². The number of rotatable bonds is 5. The van der Waals surface area contributed by atoms with Gasteiger partial charge in [-0.3, -0.25) is 4.68 Å². The SMILES string of the molecule is CCn1ncc(OC)c1CCC(C)O. The fourth-order valence-corrected chi connectivity index (χ4v) is 1.43. The Morgan fingerprint density at radius 3 is 2.86 bits per heavy atom. The van der Waals surface area contributed by atoms with Gasteiger partial charge in [0.2, 0.25) is 0 Å². The van der Waals surface area contributed by atoms with E-state index in [1.807, 2.05) is 11.6 Å². The van der Waals surface area contributed by atoms with Gasteiger partial charge in [0, 0.05) is 6.54 Å². The smallest absolute Gasteiger partial charge is 0.159 e. The molecule has 14 heavy (non-hydrogen) atoms. The zero-order valence-electron chi connectivity index (χ0n) is 9.03. The first-order chi connectivity index (χ1) is 6.69. The van der Waals surface area contributed by atoms with E-state index in [-0.39, 0.29) is 6.10 Å². The summed E-state index contributed by atoms with van der Waals surface area (Å²) in [6.07, 6.45) is 2.98. The Kier molecular flexibility index (Phi) is 3.95. The van der Waals surface area contributed by atoms with Crippen LogP contribution in [-0.2, 0) is 13.0 Å². The van der Waals surface area contributed by atoms with Crippen molar-refractivity contribution in [1.29, 1.82) is 0 Å². The van der Waals surface area contributed by atoms with Crippen LogP contribution in [-0.4, -0.2) is 28.1 Å². The number of hydrogen-bond acceptors (Lipinski definition) is 3. The van der Waals surface area contributed by atoms with Crippen molar-refractivity contribution in [3.05, 3.63) is 11.9 Å². The van der Waals surface area contributed by atoms with Gasteiger partial charge in [0.15, 0.2) is 5.75 Å². The van der Waals surface area contributed by atoms with Gasteiger partial charge in [0.05, 0.1) is 25.1 Å². The second kappa shape index (κ2) is 5.00. The van der Waals surface area contributed by atoms with Crippen LogP contribution in [0.3, 0.4) is 0 Å². The van der Waals surface area contributed by atoms with Crippen LogP contribution < -0.4 is 4.74 Å². The van der Waals surface area contributed by atoms with Crippen molar-refractivity contribution in [1.82, 2.24) is 9.78 Å². The maximum absolute atomic E-state index is 9.21. The van der Waals surface area contributed by atoms with Crippen molar-refractivity contribution in [3.8, 4) is 5.75 Å². The average Bonchev–Trinajstić information content (AvgIpc) is 2.56. The average molecular weight is 198 g/mol. The van der Waals surface area contributed by atoms with E-state index in [9.17, 15) is 5.11 Å². The van der Waals surface area contributed by atoms with E-state index in [1.165, 1.54) is 0 Å². The largest absolute Gasteiger partial charge is 0.493 e. The third kappa shape index (κ3) is 2.48. The maximum Gasteiger partial charge on any atom is 0.159 e. The van der Waals surface area contributed by atoms with E-state index >= 15 is 0 Å². The molecular weight excluding hydrogens is 180 g/mol. The van der Waals surface area contributed by atoms with Crippen molar-refractivity contribution >= 4 is 0 Å². The lowest BCUT2D eigenvalue weighted by Crippen LogP contribution is -2.08. The second-order valence-electron chi connectivity index (χ2n) is 3.36. The predicted octanol–water partition coefficient (Wildman–Crippen LogP) is 1.22. The number of aliphatic hydroxyl groups excluding tert-OH is 1. The van der Waals surface area contributed by atoms with Gasteiger partial charge in [-0.25, -0.2) is 0 Å². The van der Waals surface area contributed by atoms with Gasteiger partial charge in [-0.1, -0.05) is 0 Å². The number of aryl methyl sites for hydroxylation is 1. The van der Waals surface area contributed by atoms with Crippen LogP contribution in [0.25, 0.3) is 0 Å². The molecule has 0 bridgehead atoms. The van der Waals surface area contributed by atoms with Gasteiger partial charge >= 0.3 is 0 Å². The van der Waals surface area contributed by atoms with Gasteiger partial charge < -0.3 is 9.84 Å². The summed E-state index contributed by atoms with van der Waals surface area (Å²) in [5.41, 5.74) is 1.07. The Balaban J connectivity index is 2.75. The molecule has 0 amide bonds. The quantitative estimate of drug-likeness (QED) is 0.774. The number of hydrogen-bond donors (Lipinski definition) is 1. The van der Waals surface area contributed by atoms with Crippen LogP contribution >= 0.6 is 0 Å². The van der Waals surface area contributed by atoms with Crippen molar-refractivity contribution in [2.24, 2.45) is 0 Å². The highest BCUT2D eigenvalue weighted by Gasteiger charge is 2.10. The molecule has 1 unspecified atom stereocenters. The molecule has 0 saturated heterocycles. The van der Waals surface area contributed by atoms with Crippen LogP contribution in [0.5, 0.6) is 5.75 Å². The first-order valence-corrected chi connectivity index (χ1v) is 4.95. The molecule has 1 aromatic rings. The van der Waals surface area contributed by atoms with Crippen molar-refractivity contribution < 1.29 is 9.84 Å². The minimum atomic E-state index is -0.278. The van der Waals surface area contributed by atoms with Crippen LogP contribution in [0.4, 0.5) is 0 Å². The van der Waals surface area contributed by atoms with E-state index in [0.717, 1.165) is 30.8 Å². The number of aromatic nitrogens is 2. The molecule has 0 fully saturated rings. The van der Waals surface area contributed by atoms with E-state index in [4.69, 9.17) is 4.74 Å². The van der Waals surface area contributed by atoms with E-state index in [0.29, 0.717) is 0 Å². The Morgan fingerprint density at radius 1 is 1.64 bits per heavy atom. The molecule has 1 heterocycles. The summed E-state index contributed by atoms with van der Waals surface area (Å²) < 4.78 is 7.10. The minimum Gasteiger partial charge on any atom is -0.493 e. The molecule has 0 aliphatic rings. The van der Waals surface area contributed by atoms with E-state index < -0.39 is 0 Å². The zero-order chi connectivity index (χ0) is 10.6. The summed E-state index contributed by atoms with van der Waals surface area (Å²) in [4.78, 5) is 0. The zero-order valence-corrected chi connectivity index (χ0v) is 9.03. The van der Waals surface area contributed by atoms with Crippen LogP contribution in [0.1, 0.15) is 26.0 Å². The molecule has 1 rings (SSSR count). The van der Waals surface area contributed by atoms with Gasteiger partial charge in [0.1, 0.15) is 0 Å². The molecular formula is C10H18N2O2. The topological polar surface area (TPSA) is 47.3 Å². The molecule has 0 saturated carbocycles. The lowest BCUT2D eigenvalue weighted by molar-refractivity contribution is 0.183. The molecule has 1 aromatic heterocycles. The molecule has 80 valence electrons. The first kappa shape index (κ1) is 11.0. The van der Waals surface area contributed by atoms with E-state index in [1.54, 1.807) is 20.2 Å². The molecule has 1 N–H and O–H groups in total. The fourth-order valence-electron chi connectivity index (χ4n) is 1.43.